The maximum absolute atomic E-state index is 6.45. The maximum Gasteiger partial charge on any atom is 0.174 e. The minimum absolute atomic E-state index is 0.205. The first-order chi connectivity index (χ1) is 16.1. The van der Waals surface area contributed by atoms with Gasteiger partial charge in [-0.2, -0.15) is 0 Å². The number of ether oxygens (including phenoxy) is 1. The Labute approximate surface area is 203 Å². The first-order valence-electron chi connectivity index (χ1n) is 10.6. The van der Waals surface area contributed by atoms with Gasteiger partial charge in [0.05, 0.1) is 24.5 Å². The van der Waals surface area contributed by atoms with E-state index in [2.05, 4.69) is 10.3 Å². The molecule has 7 heteroatoms. The fraction of sp³-hybridized carbons (Fsp3) is 0.154. The Morgan fingerprint density at radius 3 is 2.67 bits per heavy atom. The molecule has 2 atom stereocenters. The fourth-order valence-corrected chi connectivity index (χ4v) is 4.76. The van der Waals surface area contributed by atoms with Crippen molar-refractivity contribution in [1.82, 2.24) is 10.3 Å². The largest absolute Gasteiger partial charge is 0.495 e. The Morgan fingerprint density at radius 2 is 1.88 bits per heavy atom. The van der Waals surface area contributed by atoms with Crippen molar-refractivity contribution in [3.05, 3.63) is 101 Å². The van der Waals surface area contributed by atoms with E-state index in [-0.39, 0.29) is 12.1 Å². The molecule has 166 valence electrons. The Morgan fingerprint density at radius 1 is 1.06 bits per heavy atom. The number of halogens is 1. The molecular weight excluding hydrogens is 454 g/mol. The molecule has 1 aliphatic rings. The molecule has 0 radical (unpaired) electrons. The fourth-order valence-electron chi connectivity index (χ4n) is 4.25. The molecule has 2 aromatic heterocycles. The van der Waals surface area contributed by atoms with Gasteiger partial charge in [0.15, 0.2) is 5.11 Å². The molecule has 5 rings (SSSR count). The second-order valence-corrected chi connectivity index (χ2v) is 8.65. The monoisotopic (exact) mass is 475 g/mol. The van der Waals surface area contributed by atoms with E-state index in [1.165, 1.54) is 0 Å². The van der Waals surface area contributed by atoms with Gasteiger partial charge in [-0.1, -0.05) is 35.9 Å². The molecular formula is C26H22ClN3O2S. The summed E-state index contributed by atoms with van der Waals surface area (Å²) in [6.45, 7) is 2.04. The zero-order valence-electron chi connectivity index (χ0n) is 18.2. The lowest BCUT2D eigenvalue weighted by Gasteiger charge is -2.27. The normalized spacial score (nSPS) is 17.8. The molecule has 2 aromatic carbocycles. The van der Waals surface area contributed by atoms with Gasteiger partial charge in [0.25, 0.3) is 0 Å². The average Bonchev–Trinajstić information content (AvgIpc) is 3.45. The molecule has 1 fully saturated rings. The number of aromatic nitrogens is 1. The van der Waals surface area contributed by atoms with Gasteiger partial charge in [-0.15, -0.1) is 0 Å². The van der Waals surface area contributed by atoms with Gasteiger partial charge in [0, 0.05) is 16.8 Å². The molecule has 0 saturated carbocycles. The number of nitrogens with one attached hydrogen (secondary N) is 1. The molecule has 0 amide bonds. The maximum atomic E-state index is 6.45. The van der Waals surface area contributed by atoms with Crippen LogP contribution in [0.1, 0.15) is 29.1 Å². The third kappa shape index (κ3) is 3.96. The highest BCUT2D eigenvalue weighted by molar-refractivity contribution is 7.80. The average molecular weight is 476 g/mol. The molecule has 4 aromatic rings. The molecule has 3 heterocycles. The first kappa shape index (κ1) is 21.5. The van der Waals surface area contributed by atoms with Crippen LogP contribution in [0.15, 0.2) is 83.4 Å². The summed E-state index contributed by atoms with van der Waals surface area (Å²) in [6.07, 6.45) is 1.78. The summed E-state index contributed by atoms with van der Waals surface area (Å²) in [7, 11) is 1.66. The second-order valence-electron chi connectivity index (χ2n) is 7.83. The lowest BCUT2D eigenvalue weighted by atomic mass is 10.0. The lowest BCUT2D eigenvalue weighted by molar-refractivity contribution is 0.409. The van der Waals surface area contributed by atoms with E-state index in [0.717, 1.165) is 39.8 Å². The zero-order chi connectivity index (χ0) is 22.9. The molecule has 5 nitrogen and oxygen atoms in total. The lowest BCUT2D eigenvalue weighted by Crippen LogP contribution is -2.29. The molecule has 0 unspecified atom stereocenters. The second kappa shape index (κ2) is 8.89. The number of para-hydroxylation sites is 2. The minimum Gasteiger partial charge on any atom is -0.495 e. The van der Waals surface area contributed by atoms with Crippen molar-refractivity contribution in [1.29, 1.82) is 0 Å². The first-order valence-corrected chi connectivity index (χ1v) is 11.4. The number of pyridine rings is 1. The summed E-state index contributed by atoms with van der Waals surface area (Å²) in [5.41, 5.74) is 3.78. The van der Waals surface area contributed by atoms with Crippen molar-refractivity contribution in [2.75, 3.05) is 12.0 Å². The van der Waals surface area contributed by atoms with Crippen molar-refractivity contribution in [2.45, 2.75) is 19.0 Å². The summed E-state index contributed by atoms with van der Waals surface area (Å²) >= 11 is 12.1. The van der Waals surface area contributed by atoms with Crippen LogP contribution in [0, 0.1) is 6.92 Å². The van der Waals surface area contributed by atoms with Crippen LogP contribution >= 0.6 is 23.8 Å². The number of rotatable bonds is 5. The molecule has 33 heavy (non-hydrogen) atoms. The van der Waals surface area contributed by atoms with Crippen LogP contribution in [0.4, 0.5) is 5.69 Å². The SMILES string of the molecule is COc1ccccc1N1C(=S)N[C@@H](c2ccccn2)[C@@H]1c1ccc(-c2cc(Cl)ccc2C)o1. The van der Waals surface area contributed by atoms with Crippen LogP contribution < -0.4 is 15.0 Å². The number of thiocarbonyl (C=S) groups is 1. The van der Waals surface area contributed by atoms with Crippen LogP contribution in [-0.4, -0.2) is 17.2 Å². The Hall–Kier alpha value is -3.35. The molecule has 1 saturated heterocycles. The van der Waals surface area contributed by atoms with Crippen LogP contribution in [0.3, 0.4) is 0 Å². The molecule has 0 spiro atoms. The topological polar surface area (TPSA) is 50.5 Å². The number of furan rings is 1. The number of hydrogen-bond acceptors (Lipinski definition) is 4. The Kier molecular flexibility index (Phi) is 5.79. The standard InChI is InChI=1S/C26H22ClN3O2S/c1-16-10-11-17(27)15-18(16)21-12-13-23(32-21)25-24(19-7-5-6-14-28-19)29-26(33)30(25)20-8-3-4-9-22(20)31-2/h3-15,24-25H,1-2H3,(H,29,33)/t24-,25-/m0/s1. The summed E-state index contributed by atoms with van der Waals surface area (Å²) in [5, 5.41) is 4.69. The van der Waals surface area contributed by atoms with Gasteiger partial charge in [-0.3, -0.25) is 4.98 Å². The molecule has 1 N–H and O–H groups in total. The molecule has 0 bridgehead atoms. The number of methoxy groups -OCH3 is 1. The van der Waals surface area contributed by atoms with Crippen LogP contribution in [-0.2, 0) is 0 Å². The van der Waals surface area contributed by atoms with Crippen molar-refractivity contribution < 1.29 is 9.15 Å². The van der Waals surface area contributed by atoms with Crippen LogP contribution in [0.25, 0.3) is 11.3 Å². The van der Waals surface area contributed by atoms with Gasteiger partial charge in [0.1, 0.15) is 23.3 Å². The number of aryl methyl sites for hydroxylation is 1. The highest BCUT2D eigenvalue weighted by atomic mass is 35.5. The molecule has 0 aliphatic carbocycles. The summed E-state index contributed by atoms with van der Waals surface area (Å²) in [4.78, 5) is 6.64. The van der Waals surface area contributed by atoms with E-state index in [9.17, 15) is 0 Å². The third-order valence-corrected chi connectivity index (χ3v) is 6.38. The molecule has 1 aliphatic heterocycles. The Bertz CT molecular complexity index is 1310. The van der Waals surface area contributed by atoms with Crippen molar-refractivity contribution in [2.24, 2.45) is 0 Å². The smallest absolute Gasteiger partial charge is 0.174 e. The number of benzene rings is 2. The summed E-state index contributed by atoms with van der Waals surface area (Å²) in [5.74, 6) is 2.24. The minimum atomic E-state index is -0.267. The van der Waals surface area contributed by atoms with Crippen molar-refractivity contribution >= 4 is 34.6 Å². The van der Waals surface area contributed by atoms with Gasteiger partial charge in [0.2, 0.25) is 0 Å². The van der Waals surface area contributed by atoms with Gasteiger partial charge in [-0.25, -0.2) is 0 Å². The van der Waals surface area contributed by atoms with E-state index < -0.39 is 0 Å². The van der Waals surface area contributed by atoms with Gasteiger partial charge in [-0.05, 0) is 73.2 Å². The predicted molar refractivity (Wildman–Crippen MR) is 135 cm³/mol. The number of hydrogen-bond donors (Lipinski definition) is 1. The number of anilines is 1. The Balaban J connectivity index is 1.64. The van der Waals surface area contributed by atoms with Gasteiger partial charge < -0.3 is 19.4 Å². The van der Waals surface area contributed by atoms with E-state index in [1.54, 1.807) is 13.3 Å². The number of nitrogens with zero attached hydrogens (tertiary/aromatic N) is 2. The summed E-state index contributed by atoms with van der Waals surface area (Å²) in [6, 6.07) is 23.0. The highest BCUT2D eigenvalue weighted by Gasteiger charge is 2.43. The zero-order valence-corrected chi connectivity index (χ0v) is 19.7. The van der Waals surface area contributed by atoms with E-state index >= 15 is 0 Å². The quantitative estimate of drug-likeness (QED) is 0.333. The van der Waals surface area contributed by atoms with Gasteiger partial charge >= 0.3 is 0 Å². The van der Waals surface area contributed by atoms with Crippen LogP contribution in [0.5, 0.6) is 5.75 Å². The van der Waals surface area contributed by atoms with Crippen molar-refractivity contribution in [3.63, 3.8) is 0 Å². The van der Waals surface area contributed by atoms with Crippen molar-refractivity contribution in [3.8, 4) is 17.1 Å². The third-order valence-electron chi connectivity index (χ3n) is 5.83. The van der Waals surface area contributed by atoms with Crippen LogP contribution in [0.2, 0.25) is 5.02 Å². The van der Waals surface area contributed by atoms with E-state index in [4.69, 9.17) is 33.0 Å². The predicted octanol–water partition coefficient (Wildman–Crippen LogP) is 6.49. The highest BCUT2D eigenvalue weighted by Crippen LogP contribution is 2.45. The van der Waals surface area contributed by atoms with E-state index in [1.807, 2.05) is 84.6 Å². The summed E-state index contributed by atoms with van der Waals surface area (Å²) < 4.78 is 12.1. The van der Waals surface area contributed by atoms with E-state index in [0.29, 0.717) is 10.1 Å².